The van der Waals surface area contributed by atoms with E-state index < -0.39 is 0 Å². The van der Waals surface area contributed by atoms with Crippen LogP contribution in [0.15, 0.2) is 36.7 Å². The van der Waals surface area contributed by atoms with E-state index in [1.54, 1.807) is 0 Å². The molecule has 15 heavy (non-hydrogen) atoms. The summed E-state index contributed by atoms with van der Waals surface area (Å²) in [5.74, 6) is 1.27. The van der Waals surface area contributed by atoms with E-state index in [0.717, 1.165) is 6.54 Å². The standard InChI is InChI=1S/C13H17N2/c1-4-15-10-9-14(3)13(15)12-8-6-5-7-11(12)2/h5-10H,4H2,1-3H3/q+1. The summed E-state index contributed by atoms with van der Waals surface area (Å²) in [6.45, 7) is 5.33. The first-order chi connectivity index (χ1) is 7.24. The molecular weight excluding hydrogens is 184 g/mol. The molecule has 2 aromatic rings. The quantitative estimate of drug-likeness (QED) is 0.659. The normalized spacial score (nSPS) is 10.6. The van der Waals surface area contributed by atoms with Crippen LogP contribution in [0.3, 0.4) is 0 Å². The SMILES string of the molecule is CCn1cc[n+](C)c1-c1ccccc1C. The molecular formula is C13H17N2+. The van der Waals surface area contributed by atoms with Crippen molar-refractivity contribution in [3.8, 4) is 11.4 Å². The van der Waals surface area contributed by atoms with Crippen molar-refractivity contribution in [1.82, 2.24) is 4.57 Å². The minimum Gasteiger partial charge on any atom is -0.233 e. The molecule has 2 heteroatoms. The molecule has 0 aliphatic carbocycles. The number of aromatic nitrogens is 2. The Hall–Kier alpha value is -1.57. The van der Waals surface area contributed by atoms with Crippen molar-refractivity contribution in [2.75, 3.05) is 0 Å². The monoisotopic (exact) mass is 201 g/mol. The summed E-state index contributed by atoms with van der Waals surface area (Å²) >= 11 is 0. The van der Waals surface area contributed by atoms with Crippen LogP contribution >= 0.6 is 0 Å². The molecule has 0 atom stereocenters. The van der Waals surface area contributed by atoms with Gasteiger partial charge in [0.25, 0.3) is 5.82 Å². The van der Waals surface area contributed by atoms with Gasteiger partial charge in [-0.25, -0.2) is 9.13 Å². The van der Waals surface area contributed by atoms with Crippen LogP contribution in [0.5, 0.6) is 0 Å². The van der Waals surface area contributed by atoms with Crippen molar-refractivity contribution in [3.63, 3.8) is 0 Å². The van der Waals surface area contributed by atoms with Gasteiger partial charge >= 0.3 is 0 Å². The zero-order valence-electron chi connectivity index (χ0n) is 9.57. The molecule has 2 nitrogen and oxygen atoms in total. The van der Waals surface area contributed by atoms with Gasteiger partial charge in [-0.15, -0.1) is 0 Å². The number of hydrogen-bond donors (Lipinski definition) is 0. The highest BCUT2D eigenvalue weighted by molar-refractivity contribution is 5.57. The molecule has 0 N–H and O–H groups in total. The number of nitrogens with zero attached hydrogens (tertiary/aromatic N) is 2. The molecule has 0 saturated heterocycles. The Bertz CT molecular complexity index is 469. The van der Waals surface area contributed by atoms with Gasteiger partial charge in [-0.3, -0.25) is 0 Å². The number of rotatable bonds is 2. The van der Waals surface area contributed by atoms with Crippen molar-refractivity contribution in [3.05, 3.63) is 42.2 Å². The molecule has 0 aliphatic heterocycles. The predicted octanol–water partition coefficient (Wildman–Crippen LogP) is 2.31. The Balaban J connectivity index is 2.63. The van der Waals surface area contributed by atoms with E-state index in [1.165, 1.54) is 17.0 Å². The lowest BCUT2D eigenvalue weighted by atomic mass is 10.1. The second-order valence-corrected chi connectivity index (χ2v) is 3.83. The van der Waals surface area contributed by atoms with Crippen molar-refractivity contribution < 1.29 is 4.57 Å². The minimum absolute atomic E-state index is 1.00. The third kappa shape index (κ3) is 1.67. The topological polar surface area (TPSA) is 8.81 Å². The van der Waals surface area contributed by atoms with E-state index >= 15 is 0 Å². The first-order valence-corrected chi connectivity index (χ1v) is 5.34. The average Bonchev–Trinajstić information content (AvgIpc) is 2.60. The Morgan fingerprint density at radius 3 is 2.67 bits per heavy atom. The molecule has 0 radical (unpaired) electrons. The van der Waals surface area contributed by atoms with Crippen molar-refractivity contribution >= 4 is 0 Å². The van der Waals surface area contributed by atoms with Crippen molar-refractivity contribution in [1.29, 1.82) is 0 Å². The van der Waals surface area contributed by atoms with Crippen LogP contribution in [-0.4, -0.2) is 4.57 Å². The molecule has 1 heterocycles. The highest BCUT2D eigenvalue weighted by Gasteiger charge is 2.16. The molecule has 0 saturated carbocycles. The third-order valence-electron chi connectivity index (χ3n) is 2.80. The van der Waals surface area contributed by atoms with E-state index in [0.29, 0.717) is 0 Å². The zero-order chi connectivity index (χ0) is 10.8. The van der Waals surface area contributed by atoms with E-state index in [4.69, 9.17) is 0 Å². The Labute approximate surface area is 90.8 Å². The maximum Gasteiger partial charge on any atom is 0.288 e. The highest BCUT2D eigenvalue weighted by Crippen LogP contribution is 2.19. The van der Waals surface area contributed by atoms with Gasteiger partial charge in [0.15, 0.2) is 0 Å². The van der Waals surface area contributed by atoms with Crippen LogP contribution in [0, 0.1) is 6.92 Å². The minimum atomic E-state index is 1.00. The first-order valence-electron chi connectivity index (χ1n) is 5.34. The molecule has 1 aromatic carbocycles. The predicted molar refractivity (Wildman–Crippen MR) is 61.5 cm³/mol. The Morgan fingerprint density at radius 1 is 1.27 bits per heavy atom. The van der Waals surface area contributed by atoms with Crippen LogP contribution in [0.2, 0.25) is 0 Å². The van der Waals surface area contributed by atoms with Gasteiger partial charge in [-0.2, -0.15) is 0 Å². The summed E-state index contributed by atoms with van der Waals surface area (Å²) in [5.41, 5.74) is 2.63. The molecule has 0 amide bonds. The van der Waals surface area contributed by atoms with Crippen LogP contribution in [-0.2, 0) is 13.6 Å². The van der Waals surface area contributed by atoms with Crippen molar-refractivity contribution in [2.45, 2.75) is 20.4 Å². The van der Waals surface area contributed by atoms with E-state index in [9.17, 15) is 0 Å². The summed E-state index contributed by atoms with van der Waals surface area (Å²) in [5, 5.41) is 0. The molecule has 1 aromatic heterocycles. The van der Waals surface area contributed by atoms with Crippen LogP contribution in [0.1, 0.15) is 12.5 Å². The number of aryl methyl sites for hydroxylation is 3. The summed E-state index contributed by atoms with van der Waals surface area (Å²) in [7, 11) is 2.09. The maximum absolute atomic E-state index is 2.27. The lowest BCUT2D eigenvalue weighted by Gasteiger charge is -2.03. The fourth-order valence-corrected chi connectivity index (χ4v) is 1.95. The lowest BCUT2D eigenvalue weighted by Crippen LogP contribution is -2.29. The molecule has 0 bridgehead atoms. The van der Waals surface area contributed by atoms with Gasteiger partial charge in [0.2, 0.25) is 0 Å². The van der Waals surface area contributed by atoms with E-state index in [-0.39, 0.29) is 0 Å². The fourth-order valence-electron chi connectivity index (χ4n) is 1.95. The van der Waals surface area contributed by atoms with Crippen LogP contribution in [0.25, 0.3) is 11.4 Å². The summed E-state index contributed by atoms with van der Waals surface area (Å²) in [4.78, 5) is 0. The number of hydrogen-bond acceptors (Lipinski definition) is 0. The van der Waals surface area contributed by atoms with Gasteiger partial charge < -0.3 is 0 Å². The van der Waals surface area contributed by atoms with Gasteiger partial charge in [0.1, 0.15) is 12.4 Å². The first kappa shape index (κ1) is 9.97. The van der Waals surface area contributed by atoms with Gasteiger partial charge in [0.05, 0.1) is 19.2 Å². The maximum atomic E-state index is 2.27. The summed E-state index contributed by atoms with van der Waals surface area (Å²) in [6, 6.07) is 8.51. The van der Waals surface area contributed by atoms with Crippen LogP contribution < -0.4 is 4.57 Å². The molecule has 0 spiro atoms. The Kier molecular flexibility index (Phi) is 2.58. The lowest BCUT2D eigenvalue weighted by molar-refractivity contribution is -0.659. The molecule has 2 rings (SSSR count). The molecule has 0 aliphatic rings. The Morgan fingerprint density at radius 2 is 2.00 bits per heavy atom. The smallest absolute Gasteiger partial charge is 0.233 e. The second-order valence-electron chi connectivity index (χ2n) is 3.83. The van der Waals surface area contributed by atoms with Gasteiger partial charge in [-0.05, 0) is 25.5 Å². The summed E-state index contributed by atoms with van der Waals surface area (Å²) in [6.07, 6.45) is 4.23. The second kappa shape index (κ2) is 3.89. The molecule has 0 unspecified atom stereocenters. The zero-order valence-corrected chi connectivity index (χ0v) is 9.57. The summed E-state index contributed by atoms with van der Waals surface area (Å²) < 4.78 is 4.44. The molecule has 0 fully saturated rings. The van der Waals surface area contributed by atoms with Crippen LogP contribution in [0.4, 0.5) is 0 Å². The van der Waals surface area contributed by atoms with Gasteiger partial charge in [-0.1, -0.05) is 18.2 Å². The highest BCUT2D eigenvalue weighted by atomic mass is 15.1. The fraction of sp³-hybridized carbons (Fsp3) is 0.308. The van der Waals surface area contributed by atoms with Gasteiger partial charge in [0, 0.05) is 0 Å². The number of imidazole rings is 1. The third-order valence-corrected chi connectivity index (χ3v) is 2.80. The van der Waals surface area contributed by atoms with Crippen molar-refractivity contribution in [2.24, 2.45) is 7.05 Å². The average molecular weight is 201 g/mol. The van der Waals surface area contributed by atoms with E-state index in [2.05, 4.69) is 66.7 Å². The molecule has 78 valence electrons. The largest absolute Gasteiger partial charge is 0.288 e. The number of benzene rings is 1. The van der Waals surface area contributed by atoms with E-state index in [1.807, 2.05) is 0 Å².